The van der Waals surface area contributed by atoms with E-state index in [4.69, 9.17) is 11.6 Å². The summed E-state index contributed by atoms with van der Waals surface area (Å²) in [5.74, 6) is 2.01. The molecule has 4 nitrogen and oxygen atoms in total. The van der Waals surface area contributed by atoms with Gasteiger partial charge in [-0.2, -0.15) is 0 Å². The van der Waals surface area contributed by atoms with E-state index < -0.39 is 0 Å². The molecular formula is C12H18ClN3O. The van der Waals surface area contributed by atoms with Gasteiger partial charge in [0.25, 0.3) is 0 Å². The molecule has 2 atom stereocenters. The molecule has 1 aromatic heterocycles. The van der Waals surface area contributed by atoms with Crippen molar-refractivity contribution in [3.8, 4) is 0 Å². The second-order valence-corrected chi connectivity index (χ2v) is 5.11. The Morgan fingerprint density at radius 1 is 1.35 bits per heavy atom. The fourth-order valence-corrected chi connectivity index (χ4v) is 2.45. The van der Waals surface area contributed by atoms with Gasteiger partial charge in [0.1, 0.15) is 16.8 Å². The minimum atomic E-state index is -0.126. The molecule has 1 aromatic rings. The van der Waals surface area contributed by atoms with E-state index in [0.29, 0.717) is 16.9 Å². The molecule has 0 saturated heterocycles. The Morgan fingerprint density at radius 2 is 2.12 bits per heavy atom. The Morgan fingerprint density at radius 3 is 2.76 bits per heavy atom. The Hall–Kier alpha value is -0.870. The summed E-state index contributed by atoms with van der Waals surface area (Å²) in [5.41, 5.74) is 0.885. The summed E-state index contributed by atoms with van der Waals surface area (Å²) in [6.07, 6.45) is 2.74. The molecule has 1 aliphatic rings. The number of nitrogens with zero attached hydrogens (tertiary/aromatic N) is 2. The van der Waals surface area contributed by atoms with E-state index >= 15 is 0 Å². The van der Waals surface area contributed by atoms with Crippen molar-refractivity contribution >= 4 is 17.4 Å². The Kier molecular flexibility index (Phi) is 3.84. The molecule has 94 valence electrons. The zero-order chi connectivity index (χ0) is 12.4. The molecule has 2 N–H and O–H groups in total. The molecule has 0 aromatic carbocycles. The number of anilines is 1. The van der Waals surface area contributed by atoms with Gasteiger partial charge in [-0.25, -0.2) is 9.97 Å². The molecule has 1 aliphatic carbocycles. The molecule has 0 spiro atoms. The van der Waals surface area contributed by atoms with Crippen molar-refractivity contribution in [1.29, 1.82) is 0 Å². The lowest BCUT2D eigenvalue weighted by Crippen LogP contribution is -2.15. The van der Waals surface area contributed by atoms with Crippen LogP contribution in [0.15, 0.2) is 0 Å². The van der Waals surface area contributed by atoms with E-state index in [9.17, 15) is 5.11 Å². The van der Waals surface area contributed by atoms with Crippen LogP contribution >= 0.6 is 11.6 Å². The van der Waals surface area contributed by atoms with Crippen LogP contribution < -0.4 is 5.32 Å². The fourth-order valence-electron chi connectivity index (χ4n) is 2.24. The van der Waals surface area contributed by atoms with Crippen LogP contribution in [-0.2, 0) is 0 Å². The van der Waals surface area contributed by atoms with Gasteiger partial charge in [-0.1, -0.05) is 11.6 Å². The number of aliphatic hydroxyl groups excluding tert-OH is 1. The summed E-state index contributed by atoms with van der Waals surface area (Å²) in [7, 11) is 0. The second kappa shape index (κ2) is 5.19. The summed E-state index contributed by atoms with van der Waals surface area (Å²) in [5, 5.41) is 13.3. The minimum Gasteiger partial charge on any atom is -0.393 e. The van der Waals surface area contributed by atoms with Crippen molar-refractivity contribution in [1.82, 2.24) is 9.97 Å². The van der Waals surface area contributed by atoms with Gasteiger partial charge in [-0.05, 0) is 39.0 Å². The van der Waals surface area contributed by atoms with Crippen molar-refractivity contribution in [3.05, 3.63) is 16.5 Å². The molecule has 2 unspecified atom stereocenters. The SMILES string of the molecule is Cc1nc(Cl)c(C)c(NCC2CCC(O)C2)n1. The first kappa shape index (κ1) is 12.6. The van der Waals surface area contributed by atoms with E-state index in [1.54, 1.807) is 0 Å². The van der Waals surface area contributed by atoms with Crippen LogP contribution in [0.1, 0.15) is 30.7 Å². The maximum atomic E-state index is 9.47. The van der Waals surface area contributed by atoms with Crippen LogP contribution in [0.4, 0.5) is 5.82 Å². The Balaban J connectivity index is 1.99. The van der Waals surface area contributed by atoms with E-state index in [-0.39, 0.29) is 6.10 Å². The predicted octanol–water partition coefficient (Wildman–Crippen LogP) is 2.32. The monoisotopic (exact) mass is 255 g/mol. The number of rotatable bonds is 3. The van der Waals surface area contributed by atoms with Gasteiger partial charge in [0.05, 0.1) is 6.10 Å². The van der Waals surface area contributed by atoms with Gasteiger partial charge >= 0.3 is 0 Å². The van der Waals surface area contributed by atoms with Crippen LogP contribution in [0.3, 0.4) is 0 Å². The lowest BCUT2D eigenvalue weighted by molar-refractivity contribution is 0.178. The standard InChI is InChI=1S/C12H18ClN3O/c1-7-11(13)15-8(2)16-12(7)14-6-9-3-4-10(17)5-9/h9-10,17H,3-6H2,1-2H3,(H,14,15,16). The first-order valence-electron chi connectivity index (χ1n) is 5.99. The predicted molar refractivity (Wildman–Crippen MR) is 68.4 cm³/mol. The van der Waals surface area contributed by atoms with Crippen molar-refractivity contribution in [2.75, 3.05) is 11.9 Å². The number of aromatic nitrogens is 2. The first-order chi connectivity index (χ1) is 8.06. The molecule has 0 bridgehead atoms. The average molecular weight is 256 g/mol. The molecular weight excluding hydrogens is 238 g/mol. The van der Waals surface area contributed by atoms with Crippen molar-refractivity contribution in [3.63, 3.8) is 0 Å². The number of aryl methyl sites for hydroxylation is 1. The van der Waals surface area contributed by atoms with Gasteiger partial charge in [-0.3, -0.25) is 0 Å². The van der Waals surface area contributed by atoms with Gasteiger partial charge in [-0.15, -0.1) is 0 Å². The molecule has 1 heterocycles. The molecule has 5 heteroatoms. The summed E-state index contributed by atoms with van der Waals surface area (Å²) in [6.45, 7) is 4.58. The maximum Gasteiger partial charge on any atom is 0.137 e. The summed E-state index contributed by atoms with van der Waals surface area (Å²) in [6, 6.07) is 0. The normalized spacial score (nSPS) is 24.0. The lowest BCUT2D eigenvalue weighted by Gasteiger charge is -2.14. The third kappa shape index (κ3) is 3.07. The topological polar surface area (TPSA) is 58.0 Å². The molecule has 2 rings (SSSR count). The fraction of sp³-hybridized carbons (Fsp3) is 0.667. The van der Waals surface area contributed by atoms with E-state index in [1.165, 1.54) is 0 Å². The molecule has 1 saturated carbocycles. The molecule has 0 amide bonds. The van der Waals surface area contributed by atoms with Crippen molar-refractivity contribution in [2.24, 2.45) is 5.92 Å². The third-order valence-corrected chi connectivity index (χ3v) is 3.64. The maximum absolute atomic E-state index is 9.47. The number of aliphatic hydroxyl groups is 1. The first-order valence-corrected chi connectivity index (χ1v) is 6.36. The summed E-state index contributed by atoms with van der Waals surface area (Å²) in [4.78, 5) is 8.44. The molecule has 17 heavy (non-hydrogen) atoms. The highest BCUT2D eigenvalue weighted by atomic mass is 35.5. The highest BCUT2D eigenvalue weighted by Crippen LogP contribution is 2.26. The second-order valence-electron chi connectivity index (χ2n) is 4.75. The van der Waals surface area contributed by atoms with E-state index in [2.05, 4.69) is 15.3 Å². The number of hydrogen-bond donors (Lipinski definition) is 2. The molecule has 0 aliphatic heterocycles. The highest BCUT2D eigenvalue weighted by Gasteiger charge is 2.22. The molecule has 0 radical (unpaired) electrons. The number of hydrogen-bond acceptors (Lipinski definition) is 4. The number of halogens is 1. The molecule has 1 fully saturated rings. The van der Waals surface area contributed by atoms with E-state index in [0.717, 1.165) is 37.2 Å². The average Bonchev–Trinajstić information content (AvgIpc) is 2.67. The quantitative estimate of drug-likeness (QED) is 0.814. The Labute approximate surface area is 106 Å². The zero-order valence-electron chi connectivity index (χ0n) is 10.2. The van der Waals surface area contributed by atoms with Gasteiger partial charge in [0, 0.05) is 12.1 Å². The van der Waals surface area contributed by atoms with Gasteiger partial charge in [0.2, 0.25) is 0 Å². The summed E-state index contributed by atoms with van der Waals surface area (Å²) >= 11 is 6.01. The smallest absolute Gasteiger partial charge is 0.137 e. The van der Waals surface area contributed by atoms with Crippen molar-refractivity contribution in [2.45, 2.75) is 39.2 Å². The Bertz CT molecular complexity index is 411. The number of nitrogens with one attached hydrogen (secondary N) is 1. The summed E-state index contributed by atoms with van der Waals surface area (Å²) < 4.78 is 0. The van der Waals surface area contributed by atoms with Gasteiger partial charge in [0.15, 0.2) is 0 Å². The highest BCUT2D eigenvalue weighted by molar-refractivity contribution is 6.30. The van der Waals surface area contributed by atoms with E-state index in [1.807, 2.05) is 13.8 Å². The van der Waals surface area contributed by atoms with Crippen LogP contribution in [0.5, 0.6) is 0 Å². The van der Waals surface area contributed by atoms with Crippen LogP contribution in [0.25, 0.3) is 0 Å². The van der Waals surface area contributed by atoms with Crippen LogP contribution in [0.2, 0.25) is 5.15 Å². The van der Waals surface area contributed by atoms with Crippen LogP contribution in [-0.4, -0.2) is 27.7 Å². The zero-order valence-corrected chi connectivity index (χ0v) is 11.0. The largest absolute Gasteiger partial charge is 0.393 e. The van der Waals surface area contributed by atoms with Crippen LogP contribution in [0, 0.1) is 19.8 Å². The van der Waals surface area contributed by atoms with Crippen molar-refractivity contribution < 1.29 is 5.11 Å². The third-order valence-electron chi connectivity index (χ3n) is 3.27. The van der Waals surface area contributed by atoms with Gasteiger partial charge < -0.3 is 10.4 Å². The lowest BCUT2D eigenvalue weighted by atomic mass is 10.1. The minimum absolute atomic E-state index is 0.126.